The van der Waals surface area contributed by atoms with E-state index in [0.717, 1.165) is 0 Å². The second-order valence-electron chi connectivity index (χ2n) is 4.04. The Balaban J connectivity index is 2.81. The lowest BCUT2D eigenvalue weighted by Crippen LogP contribution is -2.27. The topological polar surface area (TPSA) is 93.8 Å². The lowest BCUT2D eigenvalue weighted by atomic mass is 10.1. The highest BCUT2D eigenvalue weighted by molar-refractivity contribution is 5.98. The highest BCUT2D eigenvalue weighted by Gasteiger charge is 2.10. The van der Waals surface area contributed by atoms with Gasteiger partial charge in [0.15, 0.2) is 5.78 Å². The molecule has 0 heterocycles. The van der Waals surface area contributed by atoms with Crippen molar-refractivity contribution in [2.24, 2.45) is 5.73 Å². The van der Waals surface area contributed by atoms with Gasteiger partial charge < -0.3 is 25.6 Å². The quantitative estimate of drug-likeness (QED) is 0.585. The molecule has 0 aliphatic carbocycles. The minimum Gasteiger partial charge on any atom is -0.495 e. The smallest absolute Gasteiger partial charge is 0.188 e. The fourth-order valence-corrected chi connectivity index (χ4v) is 1.54. The summed E-state index contributed by atoms with van der Waals surface area (Å²) in [5, 5.41) is 12.4. The van der Waals surface area contributed by atoms with E-state index in [2.05, 4.69) is 5.32 Å². The molecule has 0 aliphatic rings. The lowest BCUT2D eigenvalue weighted by Gasteiger charge is -2.14. The molecule has 6 nitrogen and oxygen atoms in total. The third kappa shape index (κ3) is 4.51. The van der Waals surface area contributed by atoms with Gasteiger partial charge in [-0.3, -0.25) is 4.79 Å². The number of hydrogen-bond donors (Lipinski definition) is 3. The Morgan fingerprint density at radius 2 is 2.21 bits per heavy atom. The molecule has 106 valence electrons. The van der Waals surface area contributed by atoms with E-state index in [9.17, 15) is 9.90 Å². The summed E-state index contributed by atoms with van der Waals surface area (Å²) in [5.74, 6) is 0.417. The molecule has 6 heteroatoms. The van der Waals surface area contributed by atoms with Crippen LogP contribution in [0.3, 0.4) is 0 Å². The first-order valence-corrected chi connectivity index (χ1v) is 5.94. The lowest BCUT2D eigenvalue weighted by molar-refractivity contribution is 0.0847. The van der Waals surface area contributed by atoms with Crippen molar-refractivity contribution >= 4 is 11.5 Å². The van der Waals surface area contributed by atoms with Crippen LogP contribution in [-0.4, -0.2) is 50.9 Å². The van der Waals surface area contributed by atoms with Gasteiger partial charge in [0.2, 0.25) is 0 Å². The van der Waals surface area contributed by atoms with E-state index in [1.165, 1.54) is 14.2 Å². The summed E-state index contributed by atoms with van der Waals surface area (Å²) < 4.78 is 10.0. The number of aliphatic hydroxyl groups is 1. The number of carbonyl (C=O) groups is 1. The third-order valence-corrected chi connectivity index (χ3v) is 2.60. The number of benzene rings is 1. The van der Waals surface area contributed by atoms with E-state index in [4.69, 9.17) is 15.2 Å². The van der Waals surface area contributed by atoms with Crippen LogP contribution in [0.4, 0.5) is 5.69 Å². The first kappa shape index (κ1) is 15.4. The van der Waals surface area contributed by atoms with Crippen LogP contribution in [-0.2, 0) is 4.74 Å². The number of methoxy groups -OCH3 is 2. The maximum Gasteiger partial charge on any atom is 0.188 e. The maximum absolute atomic E-state index is 11.7. The molecule has 0 aliphatic heterocycles. The zero-order chi connectivity index (χ0) is 14.3. The van der Waals surface area contributed by atoms with Crippen molar-refractivity contribution in [3.8, 4) is 5.75 Å². The Morgan fingerprint density at radius 1 is 1.47 bits per heavy atom. The van der Waals surface area contributed by atoms with Crippen molar-refractivity contribution in [2.45, 2.75) is 6.10 Å². The van der Waals surface area contributed by atoms with Crippen LogP contribution in [0.1, 0.15) is 10.4 Å². The predicted molar refractivity (Wildman–Crippen MR) is 72.8 cm³/mol. The van der Waals surface area contributed by atoms with Gasteiger partial charge in [-0.1, -0.05) is 0 Å². The van der Waals surface area contributed by atoms with Crippen LogP contribution in [0.15, 0.2) is 18.2 Å². The van der Waals surface area contributed by atoms with Crippen molar-refractivity contribution in [1.82, 2.24) is 0 Å². The molecule has 0 aromatic heterocycles. The Hall–Kier alpha value is -1.63. The van der Waals surface area contributed by atoms with Gasteiger partial charge in [-0.05, 0) is 18.2 Å². The average molecular weight is 268 g/mol. The molecule has 0 saturated carbocycles. The second kappa shape index (κ2) is 7.73. The van der Waals surface area contributed by atoms with E-state index in [1.54, 1.807) is 18.2 Å². The molecular formula is C13H20N2O4. The normalized spacial score (nSPS) is 12.0. The van der Waals surface area contributed by atoms with E-state index < -0.39 is 6.10 Å². The Bertz CT molecular complexity index is 423. The number of hydrogen-bond acceptors (Lipinski definition) is 6. The average Bonchev–Trinajstić information content (AvgIpc) is 2.44. The summed E-state index contributed by atoms with van der Waals surface area (Å²) >= 11 is 0. The molecule has 0 saturated heterocycles. The summed E-state index contributed by atoms with van der Waals surface area (Å²) in [4.78, 5) is 11.7. The summed E-state index contributed by atoms with van der Waals surface area (Å²) in [6.45, 7) is 0.528. The Morgan fingerprint density at radius 3 is 2.79 bits per heavy atom. The largest absolute Gasteiger partial charge is 0.495 e. The number of anilines is 1. The molecule has 1 aromatic carbocycles. The number of nitrogens with one attached hydrogen (secondary N) is 1. The molecule has 0 bridgehead atoms. The summed E-state index contributed by atoms with van der Waals surface area (Å²) in [7, 11) is 2.99. The maximum atomic E-state index is 11.7. The minimum atomic E-state index is -0.625. The molecule has 0 fully saturated rings. The standard InChI is InChI=1S/C13H20N2O4/c1-18-8-12(17)9-3-4-11(13(5-9)19-2)15-7-10(16)6-14/h3-5,10,15-16H,6-8,14H2,1-2H3/t10-/m1/s1. The number of ether oxygens (including phenoxy) is 2. The Labute approximate surface area is 112 Å². The van der Waals surface area contributed by atoms with Gasteiger partial charge in [0.25, 0.3) is 0 Å². The molecule has 1 atom stereocenters. The molecule has 1 aromatic rings. The minimum absolute atomic E-state index is 0.0296. The van der Waals surface area contributed by atoms with Gasteiger partial charge in [0.1, 0.15) is 12.4 Å². The number of aliphatic hydroxyl groups excluding tert-OH is 1. The molecule has 4 N–H and O–H groups in total. The van der Waals surface area contributed by atoms with Crippen LogP contribution >= 0.6 is 0 Å². The number of nitrogens with two attached hydrogens (primary N) is 1. The van der Waals surface area contributed by atoms with Crippen molar-refractivity contribution in [3.63, 3.8) is 0 Å². The van der Waals surface area contributed by atoms with E-state index >= 15 is 0 Å². The van der Waals surface area contributed by atoms with Gasteiger partial charge in [-0.15, -0.1) is 0 Å². The predicted octanol–water partition coefficient (Wildman–Crippen LogP) is 0.256. The zero-order valence-corrected chi connectivity index (χ0v) is 11.2. The van der Waals surface area contributed by atoms with Crippen LogP contribution in [0.25, 0.3) is 0 Å². The van der Waals surface area contributed by atoms with E-state index in [1.807, 2.05) is 0 Å². The second-order valence-corrected chi connectivity index (χ2v) is 4.04. The van der Waals surface area contributed by atoms with Crippen LogP contribution in [0, 0.1) is 0 Å². The highest BCUT2D eigenvalue weighted by atomic mass is 16.5. The molecule has 19 heavy (non-hydrogen) atoms. The number of rotatable bonds is 8. The monoisotopic (exact) mass is 268 g/mol. The number of carbonyl (C=O) groups excluding carboxylic acids is 1. The fraction of sp³-hybridized carbons (Fsp3) is 0.462. The summed E-state index contributed by atoms with van der Waals surface area (Å²) in [5.41, 5.74) is 6.54. The van der Waals surface area contributed by atoms with Crippen molar-refractivity contribution < 1.29 is 19.4 Å². The number of ketones is 1. The molecule has 0 spiro atoms. The third-order valence-electron chi connectivity index (χ3n) is 2.60. The molecule has 0 radical (unpaired) electrons. The first-order valence-electron chi connectivity index (χ1n) is 5.94. The van der Waals surface area contributed by atoms with Crippen LogP contribution in [0.5, 0.6) is 5.75 Å². The number of Topliss-reactive ketones (excluding diaryl/α,β-unsaturated/α-hetero) is 1. The summed E-state index contributed by atoms with van der Waals surface area (Å²) in [6, 6.07) is 5.05. The molecular weight excluding hydrogens is 248 g/mol. The zero-order valence-electron chi connectivity index (χ0n) is 11.2. The van der Waals surface area contributed by atoms with Gasteiger partial charge in [0, 0.05) is 25.8 Å². The van der Waals surface area contributed by atoms with Crippen LogP contribution in [0.2, 0.25) is 0 Å². The van der Waals surface area contributed by atoms with Crippen molar-refractivity contribution in [1.29, 1.82) is 0 Å². The van der Waals surface area contributed by atoms with Crippen molar-refractivity contribution in [2.75, 3.05) is 39.2 Å². The first-order chi connectivity index (χ1) is 9.12. The van der Waals surface area contributed by atoms with Crippen LogP contribution < -0.4 is 15.8 Å². The Kier molecular flexibility index (Phi) is 6.27. The van der Waals surface area contributed by atoms with Gasteiger partial charge in [-0.2, -0.15) is 0 Å². The molecule has 0 unspecified atom stereocenters. The molecule has 1 rings (SSSR count). The summed E-state index contributed by atoms with van der Waals surface area (Å²) in [6.07, 6.45) is -0.625. The van der Waals surface area contributed by atoms with E-state index in [-0.39, 0.29) is 18.9 Å². The molecule has 0 amide bonds. The van der Waals surface area contributed by atoms with E-state index in [0.29, 0.717) is 23.5 Å². The van der Waals surface area contributed by atoms with Gasteiger partial charge in [-0.25, -0.2) is 0 Å². The van der Waals surface area contributed by atoms with Gasteiger partial charge in [0.05, 0.1) is 18.9 Å². The highest BCUT2D eigenvalue weighted by Crippen LogP contribution is 2.25. The fourth-order valence-electron chi connectivity index (χ4n) is 1.54. The van der Waals surface area contributed by atoms with Gasteiger partial charge >= 0.3 is 0 Å². The van der Waals surface area contributed by atoms with Crippen molar-refractivity contribution in [3.05, 3.63) is 23.8 Å². The SMILES string of the molecule is COCC(=O)c1ccc(NC[C@H](O)CN)c(OC)c1.